The molecule has 8 nitrogen and oxygen atoms in total. The van der Waals surface area contributed by atoms with Crippen LogP contribution in [0.15, 0.2) is 93.6 Å². The van der Waals surface area contributed by atoms with Crippen LogP contribution in [0.5, 0.6) is 5.75 Å². The van der Waals surface area contributed by atoms with Crippen LogP contribution in [0.25, 0.3) is 5.70 Å². The topological polar surface area (TPSA) is 114 Å². The molecule has 0 spiro atoms. The zero-order valence-corrected chi connectivity index (χ0v) is 21.1. The fourth-order valence-electron chi connectivity index (χ4n) is 3.93. The Morgan fingerprint density at radius 2 is 1.95 bits per heavy atom. The lowest BCUT2D eigenvalue weighted by atomic mass is 9.84. The molecule has 9 heteroatoms. The highest BCUT2D eigenvalue weighted by Crippen LogP contribution is 2.43. The Balaban J connectivity index is 1.69. The fourth-order valence-corrected chi connectivity index (χ4v) is 4.77. The molecule has 37 heavy (non-hydrogen) atoms. The SMILES string of the molecule is CCOC(=O)C1=C(c2ccccc2)NC(SCC(=O)Nc2cccc(OC)c2)=C(C#N)[C@H]1c1ccco1. The van der Waals surface area contributed by atoms with E-state index in [-0.39, 0.29) is 29.4 Å². The molecule has 0 bridgehead atoms. The Kier molecular flexibility index (Phi) is 8.33. The highest BCUT2D eigenvalue weighted by molar-refractivity contribution is 8.03. The molecule has 188 valence electrons. The van der Waals surface area contributed by atoms with Crippen molar-refractivity contribution >= 4 is 35.0 Å². The molecule has 1 aliphatic heterocycles. The van der Waals surface area contributed by atoms with Crippen molar-refractivity contribution < 1.29 is 23.5 Å². The standard InChI is InChI=1S/C28H25N3O5S/c1-3-35-28(33)25-24(22-13-8-14-36-22)21(16-29)27(31-26(25)18-9-5-4-6-10-18)37-17-23(32)30-19-11-7-12-20(15-19)34-2/h4-15,24,31H,3,17H2,1-2H3,(H,30,32)/t24-/m0/s1. The van der Waals surface area contributed by atoms with E-state index in [2.05, 4.69) is 16.7 Å². The van der Waals surface area contributed by atoms with Gasteiger partial charge in [0.05, 0.1) is 59.6 Å². The molecule has 0 saturated carbocycles. The van der Waals surface area contributed by atoms with E-state index in [9.17, 15) is 14.9 Å². The van der Waals surface area contributed by atoms with E-state index in [1.807, 2.05) is 30.3 Å². The van der Waals surface area contributed by atoms with Crippen molar-refractivity contribution in [3.8, 4) is 11.8 Å². The maximum absolute atomic E-state index is 13.2. The molecule has 2 heterocycles. The summed E-state index contributed by atoms with van der Waals surface area (Å²) in [6.45, 7) is 1.90. The second-order valence-electron chi connectivity index (χ2n) is 7.87. The molecule has 2 N–H and O–H groups in total. The smallest absolute Gasteiger partial charge is 0.337 e. The van der Waals surface area contributed by atoms with Crippen LogP contribution in [0.3, 0.4) is 0 Å². The van der Waals surface area contributed by atoms with Gasteiger partial charge in [-0.2, -0.15) is 5.26 Å². The summed E-state index contributed by atoms with van der Waals surface area (Å²) in [4.78, 5) is 26.0. The monoisotopic (exact) mass is 515 g/mol. The Morgan fingerprint density at radius 1 is 1.14 bits per heavy atom. The summed E-state index contributed by atoms with van der Waals surface area (Å²) in [6.07, 6.45) is 1.49. The summed E-state index contributed by atoms with van der Waals surface area (Å²) < 4.78 is 16.3. The number of carbonyl (C=O) groups excluding carboxylic acids is 2. The van der Waals surface area contributed by atoms with Gasteiger partial charge in [-0.05, 0) is 36.8 Å². The maximum Gasteiger partial charge on any atom is 0.337 e. The highest BCUT2D eigenvalue weighted by Gasteiger charge is 2.38. The number of amides is 1. The molecule has 0 aliphatic carbocycles. The van der Waals surface area contributed by atoms with Crippen LogP contribution in [0.4, 0.5) is 5.69 Å². The molecule has 1 aliphatic rings. The van der Waals surface area contributed by atoms with Crippen molar-refractivity contribution in [1.29, 1.82) is 5.26 Å². The number of esters is 1. The van der Waals surface area contributed by atoms with Gasteiger partial charge >= 0.3 is 5.97 Å². The number of thioether (sulfide) groups is 1. The molecule has 3 aromatic rings. The predicted molar refractivity (Wildman–Crippen MR) is 141 cm³/mol. The minimum atomic E-state index is -0.806. The van der Waals surface area contributed by atoms with Crippen LogP contribution in [-0.2, 0) is 14.3 Å². The number of hydrogen-bond donors (Lipinski definition) is 2. The maximum atomic E-state index is 13.2. The molecular weight excluding hydrogens is 490 g/mol. The number of dihydropyridines is 1. The van der Waals surface area contributed by atoms with Gasteiger partial charge in [-0.15, -0.1) is 0 Å². The van der Waals surface area contributed by atoms with Gasteiger partial charge in [0.25, 0.3) is 0 Å². The number of nitriles is 1. The van der Waals surface area contributed by atoms with Crippen molar-refractivity contribution in [1.82, 2.24) is 5.32 Å². The summed E-state index contributed by atoms with van der Waals surface area (Å²) in [5, 5.41) is 16.7. The quantitative estimate of drug-likeness (QED) is 0.380. The Labute approximate surface area is 218 Å². The number of hydrogen-bond acceptors (Lipinski definition) is 8. The molecule has 2 aromatic carbocycles. The number of methoxy groups -OCH3 is 1. The number of furan rings is 1. The first kappa shape index (κ1) is 25.7. The van der Waals surface area contributed by atoms with Crippen LogP contribution in [-0.4, -0.2) is 31.3 Å². The lowest BCUT2D eigenvalue weighted by Crippen LogP contribution is -2.29. The molecule has 1 amide bonds. The minimum absolute atomic E-state index is 0.0202. The molecule has 0 fully saturated rings. The molecule has 1 aromatic heterocycles. The summed E-state index contributed by atoms with van der Waals surface area (Å²) in [7, 11) is 1.55. The summed E-state index contributed by atoms with van der Waals surface area (Å²) in [6, 6.07) is 22.0. The van der Waals surface area contributed by atoms with E-state index in [0.717, 1.165) is 5.56 Å². The van der Waals surface area contributed by atoms with Gasteiger partial charge in [0.2, 0.25) is 5.91 Å². The molecule has 1 atom stereocenters. The van der Waals surface area contributed by atoms with Gasteiger partial charge < -0.3 is 24.5 Å². The number of allylic oxidation sites excluding steroid dienone is 1. The Hall–Kier alpha value is -4.42. The van der Waals surface area contributed by atoms with Gasteiger partial charge in [0.15, 0.2) is 0 Å². The van der Waals surface area contributed by atoms with E-state index in [1.165, 1.54) is 18.0 Å². The number of nitrogens with zero attached hydrogens (tertiary/aromatic N) is 1. The number of rotatable bonds is 9. The first-order chi connectivity index (χ1) is 18.0. The van der Waals surface area contributed by atoms with E-state index in [4.69, 9.17) is 13.9 Å². The number of ether oxygens (including phenoxy) is 2. The van der Waals surface area contributed by atoms with Crippen LogP contribution in [0, 0.1) is 11.3 Å². The van der Waals surface area contributed by atoms with E-state index < -0.39 is 11.9 Å². The Morgan fingerprint density at radius 3 is 2.62 bits per heavy atom. The third-order valence-corrected chi connectivity index (χ3v) is 6.55. The summed E-state index contributed by atoms with van der Waals surface area (Å²) >= 11 is 1.17. The van der Waals surface area contributed by atoms with Crippen molar-refractivity contribution in [2.75, 3.05) is 24.8 Å². The van der Waals surface area contributed by atoms with Gasteiger partial charge in [-0.1, -0.05) is 48.2 Å². The normalized spacial score (nSPS) is 15.0. The minimum Gasteiger partial charge on any atom is -0.497 e. The van der Waals surface area contributed by atoms with Crippen LogP contribution in [0.1, 0.15) is 24.2 Å². The second kappa shape index (κ2) is 12.0. The first-order valence-electron chi connectivity index (χ1n) is 11.5. The number of benzene rings is 2. The number of anilines is 1. The zero-order chi connectivity index (χ0) is 26.2. The van der Waals surface area contributed by atoms with Crippen molar-refractivity contribution in [2.24, 2.45) is 0 Å². The molecular formula is C28H25N3O5S. The molecule has 0 unspecified atom stereocenters. The number of nitrogens with one attached hydrogen (secondary N) is 2. The average molecular weight is 516 g/mol. The number of carbonyl (C=O) groups is 2. The van der Waals surface area contributed by atoms with Crippen LogP contribution >= 0.6 is 11.8 Å². The van der Waals surface area contributed by atoms with E-state index in [1.54, 1.807) is 50.4 Å². The van der Waals surface area contributed by atoms with E-state index >= 15 is 0 Å². The van der Waals surface area contributed by atoms with Crippen LogP contribution in [0.2, 0.25) is 0 Å². The van der Waals surface area contributed by atoms with Crippen LogP contribution < -0.4 is 15.4 Å². The lowest BCUT2D eigenvalue weighted by Gasteiger charge is -2.29. The van der Waals surface area contributed by atoms with Gasteiger partial charge in [0, 0.05) is 11.8 Å². The lowest BCUT2D eigenvalue weighted by molar-refractivity contribution is -0.138. The van der Waals surface area contributed by atoms with Crippen molar-refractivity contribution in [2.45, 2.75) is 12.8 Å². The van der Waals surface area contributed by atoms with Crippen molar-refractivity contribution in [3.63, 3.8) is 0 Å². The molecule has 0 radical (unpaired) electrons. The van der Waals surface area contributed by atoms with Gasteiger partial charge in [0.1, 0.15) is 11.5 Å². The van der Waals surface area contributed by atoms with Gasteiger partial charge in [-0.25, -0.2) is 4.79 Å². The molecule has 4 rings (SSSR count). The zero-order valence-electron chi connectivity index (χ0n) is 20.3. The second-order valence-corrected chi connectivity index (χ2v) is 8.86. The van der Waals surface area contributed by atoms with E-state index in [0.29, 0.717) is 27.9 Å². The Bertz CT molecular complexity index is 1370. The van der Waals surface area contributed by atoms with Crippen molar-refractivity contribution in [3.05, 3.63) is 100 Å². The third-order valence-electron chi connectivity index (χ3n) is 5.54. The molecule has 0 saturated heterocycles. The largest absolute Gasteiger partial charge is 0.497 e. The van der Waals surface area contributed by atoms with Gasteiger partial charge in [-0.3, -0.25) is 4.79 Å². The summed E-state index contributed by atoms with van der Waals surface area (Å²) in [5.41, 5.74) is 2.36. The third kappa shape index (κ3) is 5.88. The predicted octanol–water partition coefficient (Wildman–Crippen LogP) is 5.06. The fraction of sp³-hybridized carbons (Fsp3) is 0.179. The average Bonchev–Trinajstić information content (AvgIpc) is 3.46. The highest BCUT2D eigenvalue weighted by atomic mass is 32.2. The summed E-state index contributed by atoms with van der Waals surface area (Å²) in [5.74, 6) is -0.553. The first-order valence-corrected chi connectivity index (χ1v) is 12.5.